The van der Waals surface area contributed by atoms with Crippen LogP contribution in [-0.2, 0) is 27.2 Å². The van der Waals surface area contributed by atoms with Crippen molar-refractivity contribution in [1.82, 2.24) is 19.8 Å². The molecule has 3 aromatic rings. The molecule has 2 amide bonds. The number of benzene rings is 2. The van der Waals surface area contributed by atoms with E-state index >= 15 is 0 Å². The number of rotatable bonds is 11. The van der Waals surface area contributed by atoms with Crippen LogP contribution in [-0.4, -0.2) is 69.6 Å². The Morgan fingerprint density at radius 2 is 1.71 bits per heavy atom. The highest BCUT2D eigenvalue weighted by Crippen LogP contribution is 2.61. The second-order valence-corrected chi connectivity index (χ2v) is 15.3. The summed E-state index contributed by atoms with van der Waals surface area (Å²) in [5, 5.41) is 4.20. The zero-order valence-electron chi connectivity index (χ0n) is 29.5. The van der Waals surface area contributed by atoms with Crippen LogP contribution >= 0.6 is 7.60 Å². The number of amides is 2. The molecule has 0 atom stereocenters. The monoisotopic (exact) mass is 732 g/mol. The van der Waals surface area contributed by atoms with E-state index in [1.165, 1.54) is 30.2 Å². The number of nitrogens with zero attached hydrogens (tertiary/aromatic N) is 4. The Kier molecular flexibility index (Phi) is 10.8. The van der Waals surface area contributed by atoms with Crippen molar-refractivity contribution in [3.8, 4) is 5.75 Å². The van der Waals surface area contributed by atoms with E-state index in [0.717, 1.165) is 24.0 Å². The number of hydrogen-bond donors (Lipinski definition) is 4. The van der Waals surface area contributed by atoms with Gasteiger partial charge >= 0.3 is 13.8 Å². The van der Waals surface area contributed by atoms with Gasteiger partial charge in [-0.3, -0.25) is 14.2 Å². The lowest BCUT2D eigenvalue weighted by Crippen LogP contribution is -2.32. The summed E-state index contributed by atoms with van der Waals surface area (Å²) in [7, 11) is 1.88. The molecular weight excluding hydrogens is 688 g/mol. The van der Waals surface area contributed by atoms with Crippen molar-refractivity contribution in [2.75, 3.05) is 38.9 Å². The lowest BCUT2D eigenvalue weighted by molar-refractivity contribution is -0.137. The van der Waals surface area contributed by atoms with Gasteiger partial charge in [0.05, 0.1) is 29.2 Å². The van der Waals surface area contributed by atoms with Gasteiger partial charge in [-0.1, -0.05) is 26.0 Å². The number of methoxy groups -OCH3 is 1. The molecule has 2 heterocycles. The average Bonchev–Trinajstić information content (AvgIpc) is 3.38. The number of alkyl halides is 3. The number of carbonyl (C=O) groups excluding carboxylic acids is 2. The molecule has 5 rings (SSSR count). The topological polar surface area (TPSA) is 157 Å². The zero-order chi connectivity index (χ0) is 37.5. The Hall–Kier alpha value is -4.20. The highest BCUT2D eigenvalue weighted by atomic mass is 31.2. The predicted octanol–water partition coefficient (Wildman–Crippen LogP) is 7.13. The molecule has 276 valence electrons. The summed E-state index contributed by atoms with van der Waals surface area (Å²) < 4.78 is 60.9. The minimum Gasteiger partial charge on any atom is -0.495 e. The van der Waals surface area contributed by atoms with Gasteiger partial charge in [0.1, 0.15) is 17.1 Å². The van der Waals surface area contributed by atoms with Gasteiger partial charge in [-0.15, -0.1) is 0 Å². The molecule has 51 heavy (non-hydrogen) atoms. The molecule has 0 saturated heterocycles. The largest absolute Gasteiger partial charge is 0.495 e. The van der Waals surface area contributed by atoms with E-state index < -0.39 is 30.3 Å². The van der Waals surface area contributed by atoms with Crippen molar-refractivity contribution in [3.63, 3.8) is 0 Å². The van der Waals surface area contributed by atoms with Crippen LogP contribution in [0.3, 0.4) is 0 Å². The first kappa shape index (κ1) is 38.0. The third-order valence-corrected chi connectivity index (χ3v) is 12.3. The van der Waals surface area contributed by atoms with E-state index in [2.05, 4.69) is 20.6 Å². The Morgan fingerprint density at radius 1 is 1.06 bits per heavy atom. The number of nitrogens with one attached hydrogen (secondary N) is 2. The van der Waals surface area contributed by atoms with Crippen LogP contribution in [0.25, 0.3) is 0 Å². The molecule has 2 aromatic carbocycles. The van der Waals surface area contributed by atoms with Crippen molar-refractivity contribution in [2.45, 2.75) is 76.2 Å². The van der Waals surface area contributed by atoms with Gasteiger partial charge < -0.3 is 35.0 Å². The van der Waals surface area contributed by atoms with Crippen LogP contribution in [0.5, 0.6) is 5.75 Å². The fourth-order valence-electron chi connectivity index (χ4n) is 7.40. The second kappa shape index (κ2) is 14.4. The third-order valence-electron chi connectivity index (χ3n) is 10.3. The minimum atomic E-state index is -4.83. The first-order valence-corrected chi connectivity index (χ1v) is 18.4. The van der Waals surface area contributed by atoms with Crippen LogP contribution in [0, 0.1) is 5.92 Å². The second-order valence-electron chi connectivity index (χ2n) is 13.4. The van der Waals surface area contributed by atoms with Gasteiger partial charge in [-0.2, -0.15) is 18.2 Å². The fourth-order valence-corrected chi connectivity index (χ4v) is 8.70. The first-order chi connectivity index (χ1) is 23.9. The molecular formula is C35H44F3N6O6P. The van der Waals surface area contributed by atoms with Crippen molar-refractivity contribution in [2.24, 2.45) is 5.92 Å². The van der Waals surface area contributed by atoms with Gasteiger partial charge in [0.15, 0.2) is 0 Å². The summed E-state index contributed by atoms with van der Waals surface area (Å²) in [4.78, 5) is 57.6. The molecule has 2 aliphatic rings. The maximum absolute atomic E-state index is 14.3. The minimum absolute atomic E-state index is 0.0604. The highest BCUT2D eigenvalue weighted by molar-refractivity contribution is 7.53. The molecule has 0 bridgehead atoms. The molecule has 12 nitrogen and oxygen atoms in total. The van der Waals surface area contributed by atoms with Crippen molar-refractivity contribution < 1.29 is 41.8 Å². The van der Waals surface area contributed by atoms with E-state index in [-0.39, 0.29) is 65.1 Å². The third kappa shape index (κ3) is 7.29. The van der Waals surface area contributed by atoms with Crippen LogP contribution in [0.2, 0.25) is 0 Å². The van der Waals surface area contributed by atoms with E-state index in [9.17, 15) is 37.1 Å². The molecule has 1 saturated carbocycles. The molecule has 0 radical (unpaired) electrons. The van der Waals surface area contributed by atoms with E-state index in [1.54, 1.807) is 46.0 Å². The molecule has 16 heteroatoms. The van der Waals surface area contributed by atoms with Crippen LogP contribution in [0.15, 0.2) is 36.5 Å². The zero-order valence-corrected chi connectivity index (χ0v) is 30.4. The van der Waals surface area contributed by atoms with Crippen molar-refractivity contribution >= 4 is 42.6 Å². The fraction of sp³-hybridized carbons (Fsp3) is 0.486. The number of aromatic nitrogens is 2. The van der Waals surface area contributed by atoms with E-state index in [0.29, 0.717) is 31.1 Å². The normalized spacial score (nSPS) is 18.0. The lowest BCUT2D eigenvalue weighted by Gasteiger charge is -2.33. The average molecular weight is 733 g/mol. The summed E-state index contributed by atoms with van der Waals surface area (Å²) in [6.07, 6.45) is -0.960. The van der Waals surface area contributed by atoms with Crippen LogP contribution in [0.1, 0.15) is 90.9 Å². The molecule has 1 fully saturated rings. The number of ether oxygens (including phenoxy) is 1. The Bertz CT molecular complexity index is 1850. The SMILES string of the molecule is CCC(CC)(c1ccc(Nc2ncc(C(F)(F)F)c(Nc3ccc(C4CCC(C(=O)N(C)C)CC4)c4c3C(=O)N(C)C4)n2)c(OC)c1)P(=O)(O)O. The van der Waals surface area contributed by atoms with Crippen molar-refractivity contribution in [3.05, 3.63) is 64.3 Å². The Balaban J connectivity index is 1.48. The molecule has 1 aromatic heterocycles. The van der Waals surface area contributed by atoms with E-state index in [1.807, 2.05) is 6.07 Å². The summed E-state index contributed by atoms with van der Waals surface area (Å²) in [5.41, 5.74) is 1.60. The summed E-state index contributed by atoms with van der Waals surface area (Å²) in [5.74, 6) is -0.818. The quantitative estimate of drug-likeness (QED) is 0.150. The summed E-state index contributed by atoms with van der Waals surface area (Å²) in [6.45, 7) is 3.66. The number of hydrogen-bond acceptors (Lipinski definition) is 8. The van der Waals surface area contributed by atoms with Gasteiger partial charge in [0.2, 0.25) is 11.9 Å². The first-order valence-electron chi connectivity index (χ1n) is 16.8. The molecule has 1 aliphatic carbocycles. The molecule has 1 aliphatic heterocycles. The summed E-state index contributed by atoms with van der Waals surface area (Å²) >= 11 is 0. The number of halogens is 3. The highest BCUT2D eigenvalue weighted by Gasteiger charge is 2.46. The van der Waals surface area contributed by atoms with Gasteiger partial charge in [0, 0.05) is 39.8 Å². The van der Waals surface area contributed by atoms with E-state index in [4.69, 9.17) is 4.74 Å². The lowest BCUT2D eigenvalue weighted by atomic mass is 9.76. The maximum atomic E-state index is 14.3. The Labute approximate surface area is 295 Å². The molecule has 4 N–H and O–H groups in total. The standard InChI is InChI=1S/C35H44F3N6O6P/c1-7-34(8-2,51(47,48)49)22-13-15-26(28(17-22)50-6)41-33-39-18-25(35(36,37)38)30(42-33)40-27-16-14-23(24-19-44(5)32(46)29(24)27)20-9-11-21(12-10-20)31(45)43(3)4/h13-18,20-21H,7-12,19H2,1-6H3,(H2,47,48,49)(H2,39,40,41,42). The van der Waals surface area contributed by atoms with Crippen LogP contribution < -0.4 is 15.4 Å². The number of carbonyl (C=O) groups is 2. The van der Waals surface area contributed by atoms with Gasteiger partial charge in [-0.25, -0.2) is 4.98 Å². The number of fused-ring (bicyclic) bond motifs is 1. The predicted molar refractivity (Wildman–Crippen MR) is 187 cm³/mol. The number of anilines is 4. The molecule has 0 spiro atoms. The van der Waals surface area contributed by atoms with Gasteiger partial charge in [0.25, 0.3) is 5.91 Å². The van der Waals surface area contributed by atoms with Crippen LogP contribution in [0.4, 0.5) is 36.3 Å². The van der Waals surface area contributed by atoms with Gasteiger partial charge in [-0.05, 0) is 79.3 Å². The Morgan fingerprint density at radius 3 is 2.27 bits per heavy atom. The maximum Gasteiger partial charge on any atom is 0.421 e. The molecule has 0 unspecified atom stereocenters. The smallest absolute Gasteiger partial charge is 0.421 e. The van der Waals surface area contributed by atoms with Crippen molar-refractivity contribution in [1.29, 1.82) is 0 Å². The summed E-state index contributed by atoms with van der Waals surface area (Å²) in [6, 6.07) is 7.96.